The highest BCUT2D eigenvalue weighted by molar-refractivity contribution is 8.03. The van der Waals surface area contributed by atoms with Gasteiger partial charge in [-0.05, 0) is 31.1 Å². The van der Waals surface area contributed by atoms with Crippen molar-refractivity contribution < 1.29 is 0 Å². The van der Waals surface area contributed by atoms with E-state index in [2.05, 4.69) is 40.4 Å². The van der Waals surface area contributed by atoms with E-state index in [1.54, 1.807) is 10.5 Å². The van der Waals surface area contributed by atoms with Gasteiger partial charge < -0.3 is 0 Å². The van der Waals surface area contributed by atoms with Crippen LogP contribution in [0.25, 0.3) is 0 Å². The number of hydrogen-bond acceptors (Lipinski definition) is 1. The van der Waals surface area contributed by atoms with E-state index in [4.69, 9.17) is 0 Å². The van der Waals surface area contributed by atoms with Crippen molar-refractivity contribution in [2.75, 3.05) is 5.75 Å². The van der Waals surface area contributed by atoms with Gasteiger partial charge in [-0.15, -0.1) is 11.8 Å². The molecular formula is C11H21BS. The van der Waals surface area contributed by atoms with Crippen molar-refractivity contribution in [2.45, 2.75) is 45.9 Å². The first kappa shape index (κ1) is 11.2. The maximum atomic E-state index is 2.32. The molecule has 74 valence electrons. The van der Waals surface area contributed by atoms with E-state index in [1.165, 1.54) is 25.0 Å². The van der Waals surface area contributed by atoms with E-state index >= 15 is 0 Å². The van der Waals surface area contributed by atoms with E-state index < -0.39 is 0 Å². The molecular weight excluding hydrogens is 175 g/mol. The van der Waals surface area contributed by atoms with Gasteiger partial charge in [0.1, 0.15) is 7.85 Å². The molecule has 0 fully saturated rings. The van der Waals surface area contributed by atoms with E-state index in [9.17, 15) is 0 Å². The Bertz CT molecular complexity index is 196. The zero-order chi connectivity index (χ0) is 9.84. The highest BCUT2D eigenvalue weighted by Crippen LogP contribution is 2.37. The lowest BCUT2D eigenvalue weighted by Gasteiger charge is -2.11. The van der Waals surface area contributed by atoms with Crippen molar-refractivity contribution in [3.63, 3.8) is 0 Å². The minimum Gasteiger partial charge on any atom is -0.130 e. The SMILES string of the molecule is BC(C)CCCC1CSC(C)=C1C. The number of thioether (sulfide) groups is 1. The fourth-order valence-corrected chi connectivity index (χ4v) is 3.09. The third-order valence-corrected chi connectivity index (χ3v) is 4.33. The molecule has 1 rings (SSSR count). The Labute approximate surface area is 88.0 Å². The van der Waals surface area contributed by atoms with E-state index in [1.807, 2.05) is 0 Å². The molecule has 1 aliphatic rings. The Balaban J connectivity index is 2.24. The van der Waals surface area contributed by atoms with Crippen molar-refractivity contribution in [1.82, 2.24) is 0 Å². The van der Waals surface area contributed by atoms with Gasteiger partial charge in [0.15, 0.2) is 0 Å². The molecule has 0 radical (unpaired) electrons. The minimum atomic E-state index is 0.874. The molecule has 0 amide bonds. The molecule has 0 saturated carbocycles. The van der Waals surface area contributed by atoms with E-state index in [-0.39, 0.29) is 0 Å². The topological polar surface area (TPSA) is 0 Å². The number of allylic oxidation sites excluding steroid dienone is 2. The lowest BCUT2D eigenvalue weighted by molar-refractivity contribution is 0.564. The van der Waals surface area contributed by atoms with Gasteiger partial charge in [-0.25, -0.2) is 0 Å². The quantitative estimate of drug-likeness (QED) is 0.622. The van der Waals surface area contributed by atoms with Crippen molar-refractivity contribution >= 4 is 19.6 Å². The second-order valence-electron chi connectivity index (χ2n) is 4.57. The summed E-state index contributed by atoms with van der Waals surface area (Å²) in [5, 5.41) is 0. The molecule has 0 aromatic heterocycles. The van der Waals surface area contributed by atoms with Gasteiger partial charge in [-0.1, -0.05) is 31.2 Å². The summed E-state index contributed by atoms with van der Waals surface area (Å²) < 4.78 is 0. The predicted octanol–water partition coefficient (Wildman–Crippen LogP) is 3.26. The van der Waals surface area contributed by atoms with Gasteiger partial charge in [0.25, 0.3) is 0 Å². The van der Waals surface area contributed by atoms with Gasteiger partial charge in [0, 0.05) is 5.75 Å². The second kappa shape index (κ2) is 5.14. The summed E-state index contributed by atoms with van der Waals surface area (Å²) in [5.74, 6) is 3.11. The van der Waals surface area contributed by atoms with Gasteiger partial charge in [0.2, 0.25) is 0 Å². The van der Waals surface area contributed by atoms with Crippen molar-refractivity contribution in [3.8, 4) is 0 Å². The van der Waals surface area contributed by atoms with Crippen molar-refractivity contribution in [1.29, 1.82) is 0 Å². The van der Waals surface area contributed by atoms with Crippen LogP contribution in [0.1, 0.15) is 40.0 Å². The average molecular weight is 196 g/mol. The third-order valence-electron chi connectivity index (χ3n) is 3.00. The summed E-state index contributed by atoms with van der Waals surface area (Å²) in [5.41, 5.74) is 1.66. The lowest BCUT2D eigenvalue weighted by atomic mass is 9.83. The smallest absolute Gasteiger partial charge is 0.105 e. The molecule has 0 aliphatic carbocycles. The average Bonchev–Trinajstić information content (AvgIpc) is 2.35. The summed E-state index contributed by atoms with van der Waals surface area (Å²) >= 11 is 2.05. The molecule has 0 spiro atoms. The first-order valence-electron chi connectivity index (χ1n) is 5.41. The molecule has 1 aliphatic heterocycles. The van der Waals surface area contributed by atoms with Crippen LogP contribution in [-0.4, -0.2) is 13.6 Å². The van der Waals surface area contributed by atoms with Crippen LogP contribution in [0.2, 0.25) is 5.82 Å². The van der Waals surface area contributed by atoms with Crippen LogP contribution in [0.4, 0.5) is 0 Å². The zero-order valence-electron chi connectivity index (χ0n) is 9.39. The maximum Gasteiger partial charge on any atom is 0.105 e. The molecule has 13 heavy (non-hydrogen) atoms. The van der Waals surface area contributed by atoms with Crippen LogP contribution >= 0.6 is 11.8 Å². The molecule has 2 unspecified atom stereocenters. The Hall–Kier alpha value is 0.155. The van der Waals surface area contributed by atoms with Crippen molar-refractivity contribution in [3.05, 3.63) is 10.5 Å². The monoisotopic (exact) mass is 196 g/mol. The zero-order valence-corrected chi connectivity index (χ0v) is 10.2. The summed E-state index contributed by atoms with van der Waals surface area (Å²) in [4.78, 5) is 1.58. The molecule has 0 aromatic rings. The molecule has 0 bridgehead atoms. The van der Waals surface area contributed by atoms with Gasteiger partial charge in [-0.3, -0.25) is 0 Å². The normalized spacial score (nSPS) is 25.3. The standard InChI is InChI=1S/C11H21BS/c1-8(12)5-4-6-11-7-13-10(3)9(11)2/h8,11H,4-7,12H2,1-3H3. The first-order valence-corrected chi connectivity index (χ1v) is 6.40. The fourth-order valence-electron chi connectivity index (χ4n) is 1.82. The Morgan fingerprint density at radius 1 is 1.54 bits per heavy atom. The van der Waals surface area contributed by atoms with Crippen LogP contribution < -0.4 is 0 Å². The molecule has 2 atom stereocenters. The predicted molar refractivity (Wildman–Crippen MR) is 66.1 cm³/mol. The Morgan fingerprint density at radius 2 is 2.23 bits per heavy atom. The molecule has 0 nitrogen and oxygen atoms in total. The summed E-state index contributed by atoms with van der Waals surface area (Å²) in [6, 6.07) is 0. The Morgan fingerprint density at radius 3 is 2.69 bits per heavy atom. The van der Waals surface area contributed by atoms with Crippen LogP contribution in [0.15, 0.2) is 10.5 Å². The third kappa shape index (κ3) is 3.42. The van der Waals surface area contributed by atoms with Crippen molar-refractivity contribution in [2.24, 2.45) is 5.92 Å². The largest absolute Gasteiger partial charge is 0.130 e. The second-order valence-corrected chi connectivity index (χ2v) is 5.81. The van der Waals surface area contributed by atoms with Crippen LogP contribution in [-0.2, 0) is 0 Å². The van der Waals surface area contributed by atoms with Crippen LogP contribution in [0.5, 0.6) is 0 Å². The Kier molecular flexibility index (Phi) is 4.44. The highest BCUT2D eigenvalue weighted by Gasteiger charge is 2.19. The molecule has 0 N–H and O–H groups in total. The maximum absolute atomic E-state index is 2.32. The first-order chi connectivity index (χ1) is 6.11. The van der Waals surface area contributed by atoms with E-state index in [0.29, 0.717) is 0 Å². The molecule has 0 saturated heterocycles. The number of hydrogen-bond donors (Lipinski definition) is 0. The molecule has 1 heterocycles. The summed E-state index contributed by atoms with van der Waals surface area (Å²) in [7, 11) is 2.32. The van der Waals surface area contributed by atoms with Gasteiger partial charge in [0.05, 0.1) is 0 Å². The van der Waals surface area contributed by atoms with Gasteiger partial charge in [-0.2, -0.15) is 0 Å². The fraction of sp³-hybridized carbons (Fsp3) is 0.818. The van der Waals surface area contributed by atoms with E-state index in [0.717, 1.165) is 11.7 Å². The summed E-state index contributed by atoms with van der Waals surface area (Å²) in [6.45, 7) is 6.90. The summed E-state index contributed by atoms with van der Waals surface area (Å²) in [6.07, 6.45) is 4.22. The van der Waals surface area contributed by atoms with Crippen LogP contribution in [0.3, 0.4) is 0 Å². The van der Waals surface area contributed by atoms with Gasteiger partial charge >= 0.3 is 0 Å². The lowest BCUT2D eigenvalue weighted by Crippen LogP contribution is -2.01. The molecule has 0 aromatic carbocycles. The molecule has 2 heteroatoms. The minimum absolute atomic E-state index is 0.874. The highest BCUT2D eigenvalue weighted by atomic mass is 32.2. The van der Waals surface area contributed by atoms with Crippen LogP contribution in [0, 0.1) is 5.92 Å². The number of rotatable bonds is 4.